The third-order valence-corrected chi connectivity index (χ3v) is 4.89. The van der Waals surface area contributed by atoms with Crippen molar-refractivity contribution in [3.05, 3.63) is 69.2 Å². The molecule has 0 spiro atoms. The highest BCUT2D eigenvalue weighted by molar-refractivity contribution is 6.31. The predicted octanol–water partition coefficient (Wildman–Crippen LogP) is 5.62. The average molecular weight is 421 g/mol. The Labute approximate surface area is 170 Å². The van der Waals surface area contributed by atoms with E-state index in [1.54, 1.807) is 12.1 Å². The van der Waals surface area contributed by atoms with Crippen LogP contribution < -0.4 is 4.74 Å². The maximum Gasteiger partial charge on any atom is 0.432 e. The van der Waals surface area contributed by atoms with Crippen molar-refractivity contribution in [3.63, 3.8) is 0 Å². The van der Waals surface area contributed by atoms with Gasteiger partial charge >= 0.3 is 12.1 Å². The molecule has 0 aromatic heterocycles. The van der Waals surface area contributed by atoms with Crippen molar-refractivity contribution in [2.24, 2.45) is 0 Å². The third-order valence-electron chi connectivity index (χ3n) is 4.67. The first-order valence-corrected chi connectivity index (χ1v) is 9.08. The van der Waals surface area contributed by atoms with Crippen LogP contribution in [-0.4, -0.2) is 22.9 Å². The highest BCUT2D eigenvalue weighted by Gasteiger charge is 2.62. The molecule has 150 valence electrons. The van der Waals surface area contributed by atoms with Gasteiger partial charge in [-0.05, 0) is 43.7 Å². The number of benzene rings is 2. The lowest BCUT2D eigenvalue weighted by atomic mass is 9.85. The average Bonchev–Trinajstić information content (AvgIpc) is 2.65. The maximum atomic E-state index is 13.9. The van der Waals surface area contributed by atoms with E-state index in [-0.39, 0.29) is 21.9 Å². The molecule has 0 aliphatic carbocycles. The predicted molar refractivity (Wildman–Crippen MR) is 104 cm³/mol. The van der Waals surface area contributed by atoms with Crippen LogP contribution in [-0.2, 0) is 4.79 Å². The molecule has 0 saturated carbocycles. The second-order valence-electron chi connectivity index (χ2n) is 6.63. The number of aryl methyl sites for hydroxylation is 1. The van der Waals surface area contributed by atoms with Crippen LogP contribution in [0.3, 0.4) is 0 Å². The first-order valence-electron chi connectivity index (χ1n) is 8.71. The summed E-state index contributed by atoms with van der Waals surface area (Å²) in [6.07, 6.45) is -4.59. The maximum absolute atomic E-state index is 13.9. The van der Waals surface area contributed by atoms with E-state index in [1.165, 1.54) is 19.1 Å². The molecule has 0 saturated heterocycles. The van der Waals surface area contributed by atoms with Crippen molar-refractivity contribution < 1.29 is 27.8 Å². The quantitative estimate of drug-likeness (QED) is 0.641. The van der Waals surface area contributed by atoms with Gasteiger partial charge in [0.05, 0.1) is 11.1 Å². The van der Waals surface area contributed by atoms with Gasteiger partial charge in [-0.3, -0.25) is 0 Å². The van der Waals surface area contributed by atoms with Crippen molar-refractivity contribution in [2.45, 2.75) is 32.0 Å². The van der Waals surface area contributed by atoms with Crippen molar-refractivity contribution in [2.75, 3.05) is 0 Å². The second-order valence-corrected chi connectivity index (χ2v) is 7.07. The van der Waals surface area contributed by atoms with Gasteiger partial charge < -0.3 is 9.84 Å². The Morgan fingerprint density at radius 3 is 2.41 bits per heavy atom. The number of fused-ring (bicyclic) bond motifs is 1. The minimum Gasteiger partial charge on any atom is -0.478 e. The summed E-state index contributed by atoms with van der Waals surface area (Å²) in [7, 11) is 0. The van der Waals surface area contributed by atoms with Gasteiger partial charge in [-0.1, -0.05) is 48.1 Å². The lowest BCUT2D eigenvalue weighted by molar-refractivity contribution is -0.236. The molecule has 0 fully saturated rings. The molecule has 3 nitrogen and oxygen atoms in total. The largest absolute Gasteiger partial charge is 0.478 e. The van der Waals surface area contributed by atoms with E-state index >= 15 is 0 Å². The van der Waals surface area contributed by atoms with Gasteiger partial charge in [-0.15, -0.1) is 0 Å². The van der Waals surface area contributed by atoms with Crippen molar-refractivity contribution in [3.8, 4) is 17.6 Å². The molecule has 3 rings (SSSR count). The van der Waals surface area contributed by atoms with Crippen molar-refractivity contribution >= 4 is 23.6 Å². The Balaban J connectivity index is 2.20. The van der Waals surface area contributed by atoms with Crippen LogP contribution in [0.25, 0.3) is 6.08 Å². The number of ether oxygens (including phenoxy) is 1. The Bertz CT molecular complexity index is 1060. The fourth-order valence-corrected chi connectivity index (χ4v) is 3.34. The summed E-state index contributed by atoms with van der Waals surface area (Å²) >= 11 is 6.08. The van der Waals surface area contributed by atoms with E-state index in [4.69, 9.17) is 16.3 Å². The van der Waals surface area contributed by atoms with Gasteiger partial charge in [0.1, 0.15) is 5.75 Å². The van der Waals surface area contributed by atoms with Crippen molar-refractivity contribution in [1.82, 2.24) is 0 Å². The van der Waals surface area contributed by atoms with E-state index in [1.807, 2.05) is 19.1 Å². The third kappa shape index (κ3) is 3.83. The minimum absolute atomic E-state index is 0.136. The molecule has 2 aromatic rings. The van der Waals surface area contributed by atoms with E-state index in [0.29, 0.717) is 5.56 Å². The van der Waals surface area contributed by atoms with E-state index < -0.39 is 29.7 Å². The van der Waals surface area contributed by atoms with E-state index in [0.717, 1.165) is 11.6 Å². The number of carboxylic acids is 1. The molecule has 2 aromatic carbocycles. The van der Waals surface area contributed by atoms with Crippen LogP contribution in [0, 0.1) is 18.8 Å². The molecule has 1 aliphatic rings. The summed E-state index contributed by atoms with van der Waals surface area (Å²) in [5.41, 5.74) is -1.87. The van der Waals surface area contributed by atoms with Gasteiger partial charge in [-0.25, -0.2) is 4.79 Å². The van der Waals surface area contributed by atoms with Crippen molar-refractivity contribution in [1.29, 1.82) is 0 Å². The Morgan fingerprint density at radius 1 is 1.21 bits per heavy atom. The lowest BCUT2D eigenvalue weighted by Crippen LogP contribution is -2.54. The Kier molecular flexibility index (Phi) is 5.38. The molecule has 7 heteroatoms. The Hall–Kier alpha value is -2.91. The second kappa shape index (κ2) is 7.49. The SMILES string of the molecule is CCC1(C(F)(F)F)Oc2c(C#Cc3ccc(C)cc3)cc(Cl)cc2C=C1C(=O)O. The van der Waals surface area contributed by atoms with Gasteiger partial charge in [-0.2, -0.15) is 13.2 Å². The summed E-state index contributed by atoms with van der Waals surface area (Å²) in [4.78, 5) is 11.6. The standard InChI is InChI=1S/C22H16ClF3O3/c1-3-21(22(24,25)26)18(20(27)28)12-16-11-17(23)10-15(19(16)29-21)9-8-14-6-4-13(2)5-7-14/h4-7,10-12H,3H2,1-2H3,(H,27,28). The summed E-state index contributed by atoms with van der Waals surface area (Å²) in [6, 6.07) is 10.1. The number of hydrogen-bond donors (Lipinski definition) is 1. The molecule has 29 heavy (non-hydrogen) atoms. The number of hydrogen-bond acceptors (Lipinski definition) is 2. The summed E-state index contributed by atoms with van der Waals surface area (Å²) in [6.45, 7) is 3.15. The molecule has 1 atom stereocenters. The smallest absolute Gasteiger partial charge is 0.432 e. The number of carbonyl (C=O) groups is 1. The first-order chi connectivity index (χ1) is 13.6. The number of aliphatic carboxylic acids is 1. The number of alkyl halides is 3. The molecule has 1 heterocycles. The van der Waals surface area contributed by atoms with Crippen LogP contribution in [0.1, 0.15) is 35.6 Å². The monoisotopic (exact) mass is 420 g/mol. The summed E-state index contributed by atoms with van der Waals surface area (Å²) < 4.78 is 47.1. The summed E-state index contributed by atoms with van der Waals surface area (Å²) in [5.74, 6) is 3.83. The minimum atomic E-state index is -4.94. The van der Waals surface area contributed by atoms with Gasteiger partial charge in [0.2, 0.25) is 5.60 Å². The molecule has 1 N–H and O–H groups in total. The van der Waals surface area contributed by atoms with Crippen LogP contribution >= 0.6 is 11.6 Å². The molecule has 0 radical (unpaired) electrons. The van der Waals surface area contributed by atoms with Gasteiger partial charge in [0.15, 0.2) is 0 Å². The van der Waals surface area contributed by atoms with Gasteiger partial charge in [0, 0.05) is 16.1 Å². The highest BCUT2D eigenvalue weighted by Crippen LogP contribution is 2.48. The normalized spacial score (nSPS) is 18.1. The van der Waals surface area contributed by atoms with Crippen LogP contribution in [0.15, 0.2) is 42.0 Å². The molecular weight excluding hydrogens is 405 g/mol. The van der Waals surface area contributed by atoms with E-state index in [9.17, 15) is 23.1 Å². The number of carboxylic acid groups (broad SMARTS) is 1. The zero-order valence-electron chi connectivity index (χ0n) is 15.5. The molecule has 1 unspecified atom stereocenters. The fourth-order valence-electron chi connectivity index (χ4n) is 3.11. The molecule has 1 aliphatic heterocycles. The zero-order valence-corrected chi connectivity index (χ0v) is 16.3. The fraction of sp³-hybridized carbons (Fsp3) is 0.227. The lowest BCUT2D eigenvalue weighted by Gasteiger charge is -2.39. The van der Waals surface area contributed by atoms with Crippen LogP contribution in [0.5, 0.6) is 5.75 Å². The summed E-state index contributed by atoms with van der Waals surface area (Å²) in [5, 5.41) is 9.60. The highest BCUT2D eigenvalue weighted by atomic mass is 35.5. The van der Waals surface area contributed by atoms with Crippen LogP contribution in [0.4, 0.5) is 13.2 Å². The topological polar surface area (TPSA) is 46.5 Å². The van der Waals surface area contributed by atoms with Crippen LogP contribution in [0.2, 0.25) is 5.02 Å². The zero-order chi connectivity index (χ0) is 21.4. The number of halogens is 4. The first kappa shape index (κ1) is 20.8. The van der Waals surface area contributed by atoms with E-state index in [2.05, 4.69) is 11.8 Å². The molecule has 0 amide bonds. The molecule has 0 bridgehead atoms. The van der Waals surface area contributed by atoms with Gasteiger partial charge in [0.25, 0.3) is 0 Å². The Morgan fingerprint density at radius 2 is 1.86 bits per heavy atom. The molecular formula is C22H16ClF3O3. The number of rotatable bonds is 2.